The fraction of sp³-hybridized carbons (Fsp3) is 0.115. The smallest absolute Gasteiger partial charge is 0.289 e. The van der Waals surface area contributed by atoms with Crippen molar-refractivity contribution < 1.29 is 8.42 Å². The molecule has 35 heavy (non-hydrogen) atoms. The maximum Gasteiger partial charge on any atom is 0.301 e. The molecule has 9 heteroatoms. The maximum absolute atomic E-state index is 13.6. The minimum absolute atomic E-state index is 0.163. The van der Waals surface area contributed by atoms with Gasteiger partial charge in [0, 0.05) is 54.9 Å². The Labute approximate surface area is 202 Å². The van der Waals surface area contributed by atoms with Crippen LogP contribution in [0.5, 0.6) is 0 Å². The molecule has 2 aromatic heterocycles. The Kier molecular flexibility index (Phi) is 5.80. The van der Waals surface area contributed by atoms with Gasteiger partial charge in [-0.1, -0.05) is 42.5 Å². The summed E-state index contributed by atoms with van der Waals surface area (Å²) in [4.78, 5) is 18.1. The standard InChI is InChI=1S/C26H23N5O3S/c1-30-17-21(16-28-30)20-12-24-25(27-15-20)11-9-19-8-10-22(13-23(19)26(24)32)31(2)35(33,34)29-14-18-6-4-3-5-7-18/h3-13,15-17,29H,14H2,1-2H3. The van der Waals surface area contributed by atoms with Crippen molar-refractivity contribution in [2.24, 2.45) is 7.05 Å². The van der Waals surface area contributed by atoms with Crippen molar-refractivity contribution >= 4 is 37.6 Å². The zero-order valence-electron chi connectivity index (χ0n) is 19.2. The molecule has 0 aliphatic heterocycles. The summed E-state index contributed by atoms with van der Waals surface area (Å²) in [6.45, 7) is 0.163. The molecule has 0 atom stereocenters. The lowest BCUT2D eigenvalue weighted by atomic mass is 10.1. The Morgan fingerprint density at radius 3 is 2.46 bits per heavy atom. The summed E-state index contributed by atoms with van der Waals surface area (Å²) in [5.74, 6) is 0. The number of fused-ring (bicyclic) bond motifs is 2. The first-order chi connectivity index (χ1) is 16.8. The van der Waals surface area contributed by atoms with Crippen molar-refractivity contribution in [3.63, 3.8) is 0 Å². The molecule has 0 radical (unpaired) electrons. The predicted octanol–water partition coefficient (Wildman–Crippen LogP) is 3.62. The van der Waals surface area contributed by atoms with E-state index in [4.69, 9.17) is 0 Å². The van der Waals surface area contributed by atoms with Crippen molar-refractivity contribution in [3.05, 3.63) is 101 Å². The lowest BCUT2D eigenvalue weighted by Crippen LogP contribution is -2.37. The number of rotatable bonds is 6. The number of benzene rings is 2. The number of hydrogen-bond acceptors (Lipinski definition) is 5. The molecule has 1 N–H and O–H groups in total. The van der Waals surface area contributed by atoms with Gasteiger partial charge in [0.1, 0.15) is 0 Å². The third-order valence-electron chi connectivity index (χ3n) is 5.93. The van der Waals surface area contributed by atoms with Gasteiger partial charge in [0.05, 0.1) is 17.4 Å². The van der Waals surface area contributed by atoms with Crippen molar-refractivity contribution in [2.75, 3.05) is 11.4 Å². The molecular formula is C26H23N5O3S. The lowest BCUT2D eigenvalue weighted by molar-refractivity contribution is 0.579. The van der Waals surface area contributed by atoms with E-state index in [0.717, 1.165) is 21.0 Å². The normalized spacial score (nSPS) is 11.7. The first-order valence-corrected chi connectivity index (χ1v) is 12.4. The largest absolute Gasteiger partial charge is 0.301 e. The molecule has 8 nitrogen and oxygen atoms in total. The predicted molar refractivity (Wildman–Crippen MR) is 138 cm³/mol. The highest BCUT2D eigenvalue weighted by Gasteiger charge is 2.19. The van der Waals surface area contributed by atoms with E-state index in [1.54, 1.807) is 47.4 Å². The maximum atomic E-state index is 13.6. The summed E-state index contributed by atoms with van der Waals surface area (Å²) in [5, 5.41) is 5.75. The Balaban J connectivity index is 1.55. The molecule has 0 amide bonds. The Hall–Kier alpha value is -4.08. The fourth-order valence-corrected chi connectivity index (χ4v) is 4.85. The third kappa shape index (κ3) is 4.51. The molecule has 0 spiro atoms. The second kappa shape index (κ2) is 8.94. The fourth-order valence-electron chi connectivity index (χ4n) is 3.92. The van der Waals surface area contributed by atoms with E-state index >= 15 is 0 Å². The molecule has 0 unspecified atom stereocenters. The van der Waals surface area contributed by atoms with Crippen LogP contribution in [0, 0.1) is 0 Å². The number of hydrogen-bond donors (Lipinski definition) is 1. The van der Waals surface area contributed by atoms with Crippen molar-refractivity contribution in [3.8, 4) is 11.1 Å². The van der Waals surface area contributed by atoms with Gasteiger partial charge >= 0.3 is 10.2 Å². The zero-order valence-corrected chi connectivity index (χ0v) is 20.0. The molecule has 176 valence electrons. The summed E-state index contributed by atoms with van der Waals surface area (Å²) in [7, 11) is -0.548. The highest BCUT2D eigenvalue weighted by molar-refractivity contribution is 7.90. The second-order valence-corrected chi connectivity index (χ2v) is 10.1. The molecule has 0 bridgehead atoms. The molecule has 5 aromatic rings. The Morgan fingerprint density at radius 1 is 0.943 bits per heavy atom. The average Bonchev–Trinajstić information content (AvgIpc) is 3.26. The van der Waals surface area contributed by atoms with Crippen molar-refractivity contribution in [2.45, 2.75) is 6.54 Å². The quantitative estimate of drug-likeness (QED) is 0.396. The van der Waals surface area contributed by atoms with Gasteiger partial charge in [0.25, 0.3) is 0 Å². The number of nitrogens with one attached hydrogen (secondary N) is 1. The van der Waals surface area contributed by atoms with Crippen LogP contribution in [0.4, 0.5) is 5.69 Å². The number of nitrogens with zero attached hydrogens (tertiary/aromatic N) is 4. The minimum Gasteiger partial charge on any atom is -0.289 e. The number of anilines is 1. The molecule has 2 heterocycles. The van der Waals surface area contributed by atoms with E-state index in [9.17, 15) is 13.2 Å². The number of pyridine rings is 1. The molecule has 5 rings (SSSR count). The highest BCUT2D eigenvalue weighted by Crippen LogP contribution is 2.24. The van der Waals surface area contributed by atoms with Gasteiger partial charge in [-0.2, -0.15) is 18.2 Å². The van der Waals surface area contributed by atoms with E-state index in [2.05, 4.69) is 14.8 Å². The van der Waals surface area contributed by atoms with Crippen LogP contribution >= 0.6 is 0 Å². The number of aromatic nitrogens is 3. The first-order valence-electron chi connectivity index (χ1n) is 11.0. The van der Waals surface area contributed by atoms with Crippen LogP contribution in [-0.4, -0.2) is 30.2 Å². The second-order valence-electron chi connectivity index (χ2n) is 8.27. The van der Waals surface area contributed by atoms with Gasteiger partial charge in [0.15, 0.2) is 5.43 Å². The van der Waals surface area contributed by atoms with Crippen molar-refractivity contribution in [1.29, 1.82) is 0 Å². The van der Waals surface area contributed by atoms with Crippen LogP contribution in [-0.2, 0) is 23.8 Å². The summed E-state index contributed by atoms with van der Waals surface area (Å²) in [5.41, 5.74) is 3.20. The lowest BCUT2D eigenvalue weighted by Gasteiger charge is -2.20. The van der Waals surface area contributed by atoms with Gasteiger partial charge in [-0.25, -0.2) is 0 Å². The van der Waals surface area contributed by atoms with E-state index in [0.29, 0.717) is 27.4 Å². The SMILES string of the molecule is CN(c1ccc2ccc3ncc(-c4cnn(C)c4)cc3c(=O)c2c1)S(=O)(=O)NCc1ccccc1. The zero-order chi connectivity index (χ0) is 24.6. The van der Waals surface area contributed by atoms with E-state index < -0.39 is 10.2 Å². The van der Waals surface area contributed by atoms with Gasteiger partial charge in [-0.15, -0.1) is 0 Å². The summed E-state index contributed by atoms with van der Waals surface area (Å²) in [6.07, 6.45) is 5.29. The summed E-state index contributed by atoms with van der Waals surface area (Å²) >= 11 is 0. The summed E-state index contributed by atoms with van der Waals surface area (Å²) < 4.78 is 31.3. The van der Waals surface area contributed by atoms with Gasteiger partial charge in [-0.3, -0.25) is 18.8 Å². The van der Waals surface area contributed by atoms with Gasteiger partial charge < -0.3 is 0 Å². The third-order valence-corrected chi connectivity index (χ3v) is 7.37. The first kappa shape index (κ1) is 22.7. The van der Waals surface area contributed by atoms with Gasteiger partial charge in [0.2, 0.25) is 0 Å². The molecule has 0 fully saturated rings. The molecule has 0 saturated heterocycles. The number of aryl methyl sites for hydroxylation is 1. The van der Waals surface area contributed by atoms with Crippen molar-refractivity contribution in [1.82, 2.24) is 19.5 Å². The van der Waals surface area contributed by atoms with Crippen LogP contribution in [0.25, 0.3) is 32.8 Å². The average molecular weight is 486 g/mol. The molecular weight excluding hydrogens is 462 g/mol. The Bertz CT molecular complexity index is 1720. The van der Waals surface area contributed by atoms with Crippen LogP contribution < -0.4 is 14.5 Å². The molecule has 0 saturated carbocycles. The van der Waals surface area contributed by atoms with Gasteiger partial charge in [-0.05, 0) is 35.2 Å². The van der Waals surface area contributed by atoms with Crippen LogP contribution in [0.3, 0.4) is 0 Å². The molecule has 0 aliphatic rings. The van der Waals surface area contributed by atoms with Crippen LogP contribution in [0.15, 0.2) is 90.1 Å². The van der Waals surface area contributed by atoms with E-state index in [-0.39, 0.29) is 12.0 Å². The monoisotopic (exact) mass is 485 g/mol. The topological polar surface area (TPSA) is 97.2 Å². The van der Waals surface area contributed by atoms with E-state index in [1.807, 2.05) is 49.6 Å². The molecule has 3 aromatic carbocycles. The molecule has 0 aliphatic carbocycles. The Morgan fingerprint density at radius 2 is 1.71 bits per heavy atom. The van der Waals surface area contributed by atoms with Crippen LogP contribution in [0.1, 0.15) is 5.56 Å². The minimum atomic E-state index is -3.83. The van der Waals surface area contributed by atoms with Crippen LogP contribution in [0.2, 0.25) is 0 Å². The summed E-state index contributed by atoms with van der Waals surface area (Å²) in [6, 6.07) is 19.7. The van der Waals surface area contributed by atoms with E-state index in [1.165, 1.54) is 7.05 Å². The highest BCUT2D eigenvalue weighted by atomic mass is 32.2.